The molecular weight excluding hydrogens is 272 g/mol. The van der Waals surface area contributed by atoms with Gasteiger partial charge in [-0.3, -0.25) is 0 Å². The normalized spacial score (nSPS) is 12.6. The average Bonchev–Trinajstić information content (AvgIpc) is 2.16. The first-order valence-corrected chi connectivity index (χ1v) is 4.21. The lowest BCUT2D eigenvalue weighted by Gasteiger charge is -2.16. The van der Waals surface area contributed by atoms with Crippen LogP contribution in [0.5, 0.6) is 11.6 Å². The van der Waals surface area contributed by atoms with E-state index in [9.17, 15) is 26.3 Å². The van der Waals surface area contributed by atoms with E-state index < -0.39 is 41.9 Å². The molecule has 1 aromatic rings. The van der Waals surface area contributed by atoms with Crippen molar-refractivity contribution in [1.82, 2.24) is 4.98 Å². The van der Waals surface area contributed by atoms with E-state index in [4.69, 9.17) is 10.2 Å². The smallest absolute Gasteiger partial charge is 0.503 e. The van der Waals surface area contributed by atoms with E-state index in [1.807, 2.05) is 0 Å². The Balaban J connectivity index is 3.35. The highest BCUT2D eigenvalue weighted by atomic mass is 19.4. The van der Waals surface area contributed by atoms with Gasteiger partial charge >= 0.3 is 12.5 Å². The van der Waals surface area contributed by atoms with Gasteiger partial charge in [0.25, 0.3) is 5.88 Å². The van der Waals surface area contributed by atoms with Crippen LogP contribution in [0.2, 0.25) is 0 Å². The van der Waals surface area contributed by atoms with Gasteiger partial charge in [0, 0.05) is 11.8 Å². The molecule has 0 aliphatic heterocycles. The van der Waals surface area contributed by atoms with Crippen molar-refractivity contribution in [2.45, 2.75) is 19.1 Å². The number of aromatic nitrogens is 1. The SMILES string of the molecule is OCc1cnc(OC(F)(F)F)c(O)c1C(F)(F)F. The van der Waals surface area contributed by atoms with E-state index in [1.54, 1.807) is 0 Å². The molecule has 0 atom stereocenters. The number of hydrogen-bond acceptors (Lipinski definition) is 4. The Hall–Kier alpha value is -1.71. The van der Waals surface area contributed by atoms with Crippen LogP contribution in [0.3, 0.4) is 0 Å². The Bertz CT molecular complexity index is 442. The summed E-state index contributed by atoms with van der Waals surface area (Å²) in [6, 6.07) is 0. The minimum Gasteiger partial charge on any atom is -0.503 e. The van der Waals surface area contributed by atoms with Crippen LogP contribution >= 0.6 is 0 Å². The predicted octanol–water partition coefficient (Wildman–Crippen LogP) is 2.20. The number of halogens is 6. The van der Waals surface area contributed by atoms with Crippen molar-refractivity contribution >= 4 is 0 Å². The van der Waals surface area contributed by atoms with Gasteiger partial charge in [0.15, 0.2) is 5.75 Å². The first-order chi connectivity index (χ1) is 8.06. The number of aromatic hydroxyl groups is 1. The maximum atomic E-state index is 12.5. The highest BCUT2D eigenvalue weighted by molar-refractivity contribution is 5.46. The van der Waals surface area contributed by atoms with Crippen molar-refractivity contribution in [3.8, 4) is 11.6 Å². The van der Waals surface area contributed by atoms with Gasteiger partial charge in [-0.15, -0.1) is 13.2 Å². The summed E-state index contributed by atoms with van der Waals surface area (Å²) in [4.78, 5) is 2.86. The van der Waals surface area contributed by atoms with E-state index >= 15 is 0 Å². The zero-order valence-corrected chi connectivity index (χ0v) is 8.30. The molecule has 18 heavy (non-hydrogen) atoms. The van der Waals surface area contributed by atoms with E-state index in [1.165, 1.54) is 0 Å². The van der Waals surface area contributed by atoms with Crippen molar-refractivity contribution in [1.29, 1.82) is 0 Å². The molecule has 10 heteroatoms. The summed E-state index contributed by atoms with van der Waals surface area (Å²) in [7, 11) is 0. The van der Waals surface area contributed by atoms with Gasteiger partial charge < -0.3 is 14.9 Å². The zero-order valence-electron chi connectivity index (χ0n) is 8.30. The van der Waals surface area contributed by atoms with Gasteiger partial charge in [-0.05, 0) is 0 Å². The molecule has 1 aromatic heterocycles. The third-order valence-electron chi connectivity index (χ3n) is 1.76. The highest BCUT2D eigenvalue weighted by Gasteiger charge is 2.41. The van der Waals surface area contributed by atoms with Crippen LogP contribution in [0.15, 0.2) is 6.20 Å². The molecule has 0 aliphatic carbocycles. The monoisotopic (exact) mass is 277 g/mol. The van der Waals surface area contributed by atoms with Gasteiger partial charge in [0.05, 0.1) is 6.61 Å². The summed E-state index contributed by atoms with van der Waals surface area (Å²) in [6.45, 7) is -1.15. The highest BCUT2D eigenvalue weighted by Crippen LogP contribution is 2.43. The van der Waals surface area contributed by atoms with Crippen LogP contribution in [0.4, 0.5) is 26.3 Å². The lowest BCUT2D eigenvalue weighted by atomic mass is 10.1. The van der Waals surface area contributed by atoms with E-state index in [2.05, 4.69) is 9.72 Å². The average molecular weight is 277 g/mol. The Labute approximate surface area is 95.4 Å². The molecule has 4 nitrogen and oxygen atoms in total. The topological polar surface area (TPSA) is 62.6 Å². The molecule has 0 amide bonds. The Morgan fingerprint density at radius 3 is 2.11 bits per heavy atom. The fraction of sp³-hybridized carbons (Fsp3) is 0.375. The molecule has 102 valence electrons. The fourth-order valence-electron chi connectivity index (χ4n) is 1.14. The van der Waals surface area contributed by atoms with E-state index in [0.717, 1.165) is 0 Å². The lowest BCUT2D eigenvalue weighted by molar-refractivity contribution is -0.276. The van der Waals surface area contributed by atoms with Crippen molar-refractivity contribution in [2.24, 2.45) is 0 Å². The maximum Gasteiger partial charge on any atom is 0.574 e. The second-order valence-electron chi connectivity index (χ2n) is 3.02. The maximum absolute atomic E-state index is 12.5. The minimum absolute atomic E-state index is 0.337. The van der Waals surface area contributed by atoms with Crippen molar-refractivity contribution in [3.63, 3.8) is 0 Å². The summed E-state index contributed by atoms with van der Waals surface area (Å²) in [5.41, 5.74) is -2.69. The predicted molar refractivity (Wildman–Crippen MR) is 43.5 cm³/mol. The van der Waals surface area contributed by atoms with Gasteiger partial charge in [-0.2, -0.15) is 13.2 Å². The number of pyridine rings is 1. The molecule has 0 unspecified atom stereocenters. The molecule has 0 saturated heterocycles. The molecule has 0 aromatic carbocycles. The van der Waals surface area contributed by atoms with Crippen LogP contribution in [0, 0.1) is 0 Å². The van der Waals surface area contributed by atoms with Crippen LogP contribution in [-0.4, -0.2) is 21.6 Å². The van der Waals surface area contributed by atoms with Crippen LogP contribution in [-0.2, 0) is 12.8 Å². The van der Waals surface area contributed by atoms with E-state index in [-0.39, 0.29) is 0 Å². The Kier molecular flexibility index (Phi) is 3.60. The summed E-state index contributed by atoms with van der Waals surface area (Å²) in [6.07, 6.45) is -10.1. The molecule has 0 spiro atoms. The van der Waals surface area contributed by atoms with Gasteiger partial charge in [-0.1, -0.05) is 0 Å². The van der Waals surface area contributed by atoms with Gasteiger partial charge in [-0.25, -0.2) is 4.98 Å². The number of ether oxygens (including phenoxy) is 1. The number of rotatable bonds is 2. The minimum atomic E-state index is -5.30. The molecule has 0 bridgehead atoms. The molecule has 2 N–H and O–H groups in total. The van der Waals surface area contributed by atoms with Crippen LogP contribution < -0.4 is 4.74 Å². The lowest BCUT2D eigenvalue weighted by Crippen LogP contribution is -2.19. The third-order valence-corrected chi connectivity index (χ3v) is 1.76. The second kappa shape index (κ2) is 4.52. The van der Waals surface area contributed by atoms with Crippen molar-refractivity contribution < 1.29 is 41.3 Å². The quantitative estimate of drug-likeness (QED) is 0.813. The summed E-state index contributed by atoms with van der Waals surface area (Å²) >= 11 is 0. The Morgan fingerprint density at radius 2 is 1.72 bits per heavy atom. The number of hydrogen-bond donors (Lipinski definition) is 2. The van der Waals surface area contributed by atoms with E-state index in [0.29, 0.717) is 6.20 Å². The molecular formula is C8H5F6NO3. The Morgan fingerprint density at radius 1 is 1.17 bits per heavy atom. The molecule has 0 fully saturated rings. The molecule has 0 radical (unpaired) electrons. The number of nitrogens with zero attached hydrogens (tertiary/aromatic N) is 1. The molecule has 1 heterocycles. The van der Waals surface area contributed by atoms with Crippen LogP contribution in [0.25, 0.3) is 0 Å². The van der Waals surface area contributed by atoms with Gasteiger partial charge in [0.1, 0.15) is 5.56 Å². The fourth-order valence-corrected chi connectivity index (χ4v) is 1.14. The third kappa shape index (κ3) is 3.15. The largest absolute Gasteiger partial charge is 0.574 e. The first kappa shape index (κ1) is 14.4. The number of alkyl halides is 6. The number of aliphatic hydroxyl groups is 1. The zero-order chi connectivity index (χ0) is 14.1. The van der Waals surface area contributed by atoms with Crippen molar-refractivity contribution in [2.75, 3.05) is 0 Å². The molecule has 0 saturated carbocycles. The standard InChI is InChI=1S/C8H5F6NO3/c9-7(10,11)4-3(2-16)1-15-6(5(4)17)18-8(12,13)14/h1,16-17H,2H2. The second-order valence-corrected chi connectivity index (χ2v) is 3.02. The summed E-state index contributed by atoms with van der Waals surface area (Å²) < 4.78 is 76.0. The summed E-state index contributed by atoms with van der Waals surface area (Å²) in [5.74, 6) is -3.46. The first-order valence-electron chi connectivity index (χ1n) is 4.21. The summed E-state index contributed by atoms with van der Waals surface area (Å²) in [5, 5.41) is 17.7. The number of aliphatic hydroxyl groups excluding tert-OH is 1. The van der Waals surface area contributed by atoms with Crippen molar-refractivity contribution in [3.05, 3.63) is 17.3 Å². The molecule has 1 rings (SSSR count). The van der Waals surface area contributed by atoms with Gasteiger partial charge in [0.2, 0.25) is 0 Å². The molecule has 0 aliphatic rings. The van der Waals surface area contributed by atoms with Crippen LogP contribution in [0.1, 0.15) is 11.1 Å².